The second-order valence-corrected chi connectivity index (χ2v) is 4.05. The van der Waals surface area contributed by atoms with E-state index in [-0.39, 0.29) is 0 Å². The van der Waals surface area contributed by atoms with Gasteiger partial charge >= 0.3 is 0 Å². The molecule has 0 bridgehead atoms. The van der Waals surface area contributed by atoms with Crippen molar-refractivity contribution in [2.45, 2.75) is 50.7 Å². The van der Waals surface area contributed by atoms with E-state index in [0.717, 1.165) is 19.4 Å². The van der Waals surface area contributed by atoms with E-state index in [2.05, 4.69) is 0 Å². The number of hydrogen-bond donors (Lipinski definition) is 2. The lowest BCUT2D eigenvalue weighted by molar-refractivity contribution is -0.101. The third kappa shape index (κ3) is 1.87. The van der Waals surface area contributed by atoms with Gasteiger partial charge in [-0.1, -0.05) is 13.8 Å². The van der Waals surface area contributed by atoms with Gasteiger partial charge in [0.25, 0.3) is 0 Å². The van der Waals surface area contributed by atoms with Gasteiger partial charge in [0.1, 0.15) is 0 Å². The lowest BCUT2D eigenvalue weighted by atomic mass is 9.73. The van der Waals surface area contributed by atoms with E-state index >= 15 is 0 Å². The predicted molar refractivity (Wildman–Crippen MR) is 52.5 cm³/mol. The van der Waals surface area contributed by atoms with Gasteiger partial charge in [-0.3, -0.25) is 0 Å². The molecule has 1 saturated heterocycles. The highest BCUT2D eigenvalue weighted by Crippen LogP contribution is 2.33. The molecule has 0 radical (unpaired) electrons. The summed E-state index contributed by atoms with van der Waals surface area (Å²) in [6.07, 6.45) is 3.22. The van der Waals surface area contributed by atoms with Gasteiger partial charge in [-0.05, 0) is 25.7 Å². The van der Waals surface area contributed by atoms with Gasteiger partial charge in [0.15, 0.2) is 0 Å². The normalized spacial score (nSPS) is 30.5. The zero-order valence-electron chi connectivity index (χ0n) is 8.68. The molecule has 0 saturated carbocycles. The molecule has 1 aliphatic heterocycles. The summed E-state index contributed by atoms with van der Waals surface area (Å²) in [6.45, 7) is 5.23. The molecule has 0 aromatic heterocycles. The van der Waals surface area contributed by atoms with Crippen LogP contribution in [0.25, 0.3) is 0 Å². The van der Waals surface area contributed by atoms with E-state index in [1.54, 1.807) is 0 Å². The summed E-state index contributed by atoms with van der Waals surface area (Å²) in [5, 5.41) is 10.3. The molecule has 0 aliphatic carbocycles. The Morgan fingerprint density at radius 3 is 2.46 bits per heavy atom. The number of rotatable bonds is 3. The smallest absolute Gasteiger partial charge is 0.0843 e. The van der Waals surface area contributed by atoms with Crippen LogP contribution in [-0.2, 0) is 4.74 Å². The minimum absolute atomic E-state index is 0.491. The van der Waals surface area contributed by atoms with Crippen LogP contribution < -0.4 is 5.73 Å². The van der Waals surface area contributed by atoms with E-state index in [1.807, 2.05) is 13.8 Å². The van der Waals surface area contributed by atoms with Gasteiger partial charge in [0.05, 0.1) is 17.7 Å². The second kappa shape index (κ2) is 3.95. The Bertz CT molecular complexity index is 160. The summed E-state index contributed by atoms with van der Waals surface area (Å²) in [5.41, 5.74) is 4.89. The van der Waals surface area contributed by atoms with Crippen molar-refractivity contribution in [1.29, 1.82) is 0 Å². The summed E-state index contributed by atoms with van der Waals surface area (Å²) >= 11 is 0. The van der Waals surface area contributed by atoms with Crippen molar-refractivity contribution in [2.75, 3.05) is 13.2 Å². The Morgan fingerprint density at radius 1 is 1.46 bits per heavy atom. The van der Waals surface area contributed by atoms with E-state index in [1.165, 1.54) is 0 Å². The number of hydrogen-bond acceptors (Lipinski definition) is 3. The highest BCUT2D eigenvalue weighted by Gasteiger charge is 2.46. The van der Waals surface area contributed by atoms with Crippen LogP contribution in [0.5, 0.6) is 0 Å². The maximum atomic E-state index is 10.3. The van der Waals surface area contributed by atoms with Crippen LogP contribution >= 0.6 is 0 Å². The first-order valence-electron chi connectivity index (χ1n) is 5.17. The molecule has 1 heterocycles. The van der Waals surface area contributed by atoms with Crippen molar-refractivity contribution in [3.05, 3.63) is 0 Å². The summed E-state index contributed by atoms with van der Waals surface area (Å²) in [6, 6.07) is 0. The Morgan fingerprint density at radius 2 is 2.08 bits per heavy atom. The highest BCUT2D eigenvalue weighted by molar-refractivity contribution is 5.03. The molecule has 1 unspecified atom stereocenters. The number of nitrogens with two attached hydrogens (primary N) is 1. The summed E-state index contributed by atoms with van der Waals surface area (Å²) in [5.74, 6) is 0. The first-order valence-corrected chi connectivity index (χ1v) is 5.17. The predicted octanol–water partition coefficient (Wildman–Crippen LogP) is 1.05. The minimum atomic E-state index is -0.757. The van der Waals surface area contributed by atoms with Crippen molar-refractivity contribution in [1.82, 2.24) is 0 Å². The van der Waals surface area contributed by atoms with Crippen LogP contribution in [0.1, 0.15) is 39.5 Å². The minimum Gasteiger partial charge on any atom is -0.388 e. The maximum Gasteiger partial charge on any atom is 0.0843 e. The molecular formula is C10H21NO2. The van der Waals surface area contributed by atoms with Crippen molar-refractivity contribution >= 4 is 0 Å². The van der Waals surface area contributed by atoms with E-state index in [9.17, 15) is 5.11 Å². The van der Waals surface area contributed by atoms with Gasteiger partial charge < -0.3 is 15.6 Å². The lowest BCUT2D eigenvalue weighted by Gasteiger charge is -2.46. The van der Waals surface area contributed by atoms with Crippen LogP contribution in [0.15, 0.2) is 0 Å². The van der Waals surface area contributed by atoms with Crippen molar-refractivity contribution in [2.24, 2.45) is 5.73 Å². The average Bonchev–Trinajstić information content (AvgIpc) is 2.17. The van der Waals surface area contributed by atoms with Gasteiger partial charge in [-0.25, -0.2) is 0 Å². The quantitative estimate of drug-likeness (QED) is 0.694. The average molecular weight is 187 g/mol. The fraction of sp³-hybridized carbons (Fsp3) is 1.00. The molecule has 78 valence electrons. The molecule has 0 spiro atoms. The van der Waals surface area contributed by atoms with E-state index in [4.69, 9.17) is 10.5 Å². The maximum absolute atomic E-state index is 10.3. The van der Waals surface area contributed by atoms with E-state index < -0.39 is 11.1 Å². The first kappa shape index (κ1) is 11.0. The molecule has 1 atom stereocenters. The van der Waals surface area contributed by atoms with Gasteiger partial charge in [-0.2, -0.15) is 0 Å². The Labute approximate surface area is 80.3 Å². The molecule has 0 aromatic rings. The Hall–Kier alpha value is -0.120. The summed E-state index contributed by atoms with van der Waals surface area (Å²) < 4.78 is 5.35. The monoisotopic (exact) mass is 187 g/mol. The van der Waals surface area contributed by atoms with Gasteiger partial charge in [0, 0.05) is 6.61 Å². The zero-order chi connectivity index (χ0) is 9.95. The standard InChI is InChI=1S/C10H21NO2/c1-3-10(12,4-2)9(11)6-5-7-13-8-9/h12H,3-8,11H2,1-2H3. The number of aliphatic hydroxyl groups is 1. The molecule has 3 N–H and O–H groups in total. The lowest BCUT2D eigenvalue weighted by Crippen LogP contribution is -2.64. The SMILES string of the molecule is CCC(O)(CC)C1(N)CCCOC1. The second-order valence-electron chi connectivity index (χ2n) is 4.05. The topological polar surface area (TPSA) is 55.5 Å². The van der Waals surface area contributed by atoms with Crippen molar-refractivity contribution in [3.63, 3.8) is 0 Å². The third-order valence-electron chi connectivity index (χ3n) is 3.37. The fourth-order valence-electron chi connectivity index (χ4n) is 2.14. The molecule has 1 rings (SSSR count). The molecular weight excluding hydrogens is 166 g/mol. The Kier molecular flexibility index (Phi) is 3.33. The molecule has 1 aliphatic rings. The zero-order valence-corrected chi connectivity index (χ0v) is 8.68. The molecule has 3 nitrogen and oxygen atoms in total. The van der Waals surface area contributed by atoms with Crippen molar-refractivity contribution < 1.29 is 9.84 Å². The van der Waals surface area contributed by atoms with E-state index in [0.29, 0.717) is 19.4 Å². The first-order chi connectivity index (χ1) is 6.08. The van der Waals surface area contributed by atoms with Crippen LogP contribution in [-0.4, -0.2) is 29.5 Å². The van der Waals surface area contributed by atoms with Gasteiger partial charge in [-0.15, -0.1) is 0 Å². The molecule has 1 fully saturated rings. The fourth-order valence-corrected chi connectivity index (χ4v) is 2.14. The van der Waals surface area contributed by atoms with Crippen LogP contribution in [0.2, 0.25) is 0 Å². The van der Waals surface area contributed by atoms with Gasteiger partial charge in [0.2, 0.25) is 0 Å². The molecule has 0 amide bonds. The van der Waals surface area contributed by atoms with Crippen LogP contribution in [0, 0.1) is 0 Å². The number of ether oxygens (including phenoxy) is 1. The summed E-state index contributed by atoms with van der Waals surface area (Å²) in [7, 11) is 0. The van der Waals surface area contributed by atoms with Crippen molar-refractivity contribution in [3.8, 4) is 0 Å². The largest absolute Gasteiger partial charge is 0.388 e. The van der Waals surface area contributed by atoms with Crippen LogP contribution in [0.4, 0.5) is 0 Å². The molecule has 0 aromatic carbocycles. The summed E-state index contributed by atoms with van der Waals surface area (Å²) in [4.78, 5) is 0. The third-order valence-corrected chi connectivity index (χ3v) is 3.37. The van der Waals surface area contributed by atoms with Crippen LogP contribution in [0.3, 0.4) is 0 Å². The molecule has 3 heteroatoms. The highest BCUT2D eigenvalue weighted by atomic mass is 16.5. The molecule has 13 heavy (non-hydrogen) atoms. The Balaban J connectivity index is 2.74.